The fourth-order valence-corrected chi connectivity index (χ4v) is 4.23. The molecule has 0 unspecified atom stereocenters. The molecule has 0 aliphatic heterocycles. The van der Waals surface area contributed by atoms with Crippen molar-refractivity contribution in [1.82, 2.24) is 0 Å². The van der Waals surface area contributed by atoms with Crippen molar-refractivity contribution in [2.45, 2.75) is 69.0 Å². The van der Waals surface area contributed by atoms with E-state index in [0.717, 1.165) is 25.7 Å². The van der Waals surface area contributed by atoms with Gasteiger partial charge in [-0.05, 0) is 37.5 Å². The minimum absolute atomic E-state index is 0. The fraction of sp³-hybridized carbons (Fsp3) is 1.00. The summed E-state index contributed by atoms with van der Waals surface area (Å²) in [5, 5.41) is 0. The lowest BCUT2D eigenvalue weighted by Gasteiger charge is -2.50. The molecular formula is C14H34Cl4N4. The molecule has 0 radical (unpaired) electrons. The Bertz CT molecular complexity index is 262. The number of rotatable bonds is 3. The van der Waals surface area contributed by atoms with E-state index in [-0.39, 0.29) is 67.3 Å². The summed E-state index contributed by atoms with van der Waals surface area (Å²) < 4.78 is 0. The van der Waals surface area contributed by atoms with Crippen LogP contribution in [0.1, 0.15) is 51.4 Å². The molecule has 4 nitrogen and oxygen atoms in total. The normalized spacial score (nSPS) is 31.6. The average Bonchev–Trinajstić information content (AvgIpc) is 2.39. The van der Waals surface area contributed by atoms with Gasteiger partial charge in [-0.25, -0.2) is 0 Å². The van der Waals surface area contributed by atoms with E-state index in [0.29, 0.717) is 18.4 Å². The molecule has 2 aliphatic rings. The van der Waals surface area contributed by atoms with Crippen LogP contribution in [0, 0.1) is 11.8 Å². The molecular weight excluding hydrogens is 366 g/mol. The molecule has 2 aliphatic carbocycles. The Balaban J connectivity index is -0.000000902. The van der Waals surface area contributed by atoms with Crippen molar-refractivity contribution in [2.24, 2.45) is 34.8 Å². The van der Waals surface area contributed by atoms with E-state index < -0.39 is 0 Å². The van der Waals surface area contributed by atoms with Crippen LogP contribution in [0.2, 0.25) is 0 Å². The molecule has 138 valence electrons. The summed E-state index contributed by atoms with van der Waals surface area (Å²) in [7, 11) is 0. The molecule has 2 rings (SSSR count). The van der Waals surface area contributed by atoms with E-state index in [2.05, 4.69) is 0 Å². The van der Waals surface area contributed by atoms with E-state index in [1.54, 1.807) is 0 Å². The second-order valence-corrected chi connectivity index (χ2v) is 6.43. The first kappa shape index (κ1) is 27.8. The van der Waals surface area contributed by atoms with Crippen LogP contribution >= 0.6 is 49.6 Å². The molecule has 2 fully saturated rings. The predicted octanol–water partition coefficient (Wildman–Crippen LogP) is 2.36. The zero-order chi connectivity index (χ0) is 13.2. The van der Waals surface area contributed by atoms with Gasteiger partial charge in [0.2, 0.25) is 0 Å². The van der Waals surface area contributed by atoms with Gasteiger partial charge in [0.15, 0.2) is 0 Å². The highest BCUT2D eigenvalue weighted by Gasteiger charge is 2.46. The Morgan fingerprint density at radius 3 is 1.27 bits per heavy atom. The van der Waals surface area contributed by atoms with E-state index in [9.17, 15) is 0 Å². The zero-order valence-corrected chi connectivity index (χ0v) is 16.4. The highest BCUT2D eigenvalue weighted by Crippen LogP contribution is 2.40. The predicted molar refractivity (Wildman–Crippen MR) is 105 cm³/mol. The lowest BCUT2D eigenvalue weighted by molar-refractivity contribution is 0.0848. The average molecular weight is 400 g/mol. The van der Waals surface area contributed by atoms with Gasteiger partial charge in [0.05, 0.1) is 0 Å². The molecule has 0 amide bonds. The number of hydrogen-bond acceptors (Lipinski definition) is 4. The number of nitrogens with two attached hydrogens (primary N) is 4. The summed E-state index contributed by atoms with van der Waals surface area (Å²) in [6, 6.07) is 0.419. The van der Waals surface area contributed by atoms with Gasteiger partial charge in [-0.2, -0.15) is 0 Å². The molecule has 8 N–H and O–H groups in total. The SMILES string of the molecule is Cl.Cl.Cl.Cl.NCC(N)([C@@H]1CCCC[C@H]1N)[C@@H]1CCCC[C@H]1N. The van der Waals surface area contributed by atoms with E-state index in [1.807, 2.05) is 0 Å². The molecule has 0 bridgehead atoms. The highest BCUT2D eigenvalue weighted by molar-refractivity contribution is 5.86. The van der Waals surface area contributed by atoms with Crippen LogP contribution in [0.15, 0.2) is 0 Å². The molecule has 0 heterocycles. The molecule has 8 heteroatoms. The van der Waals surface area contributed by atoms with Gasteiger partial charge in [-0.3, -0.25) is 0 Å². The largest absolute Gasteiger partial charge is 0.329 e. The zero-order valence-electron chi connectivity index (χ0n) is 13.1. The maximum atomic E-state index is 6.74. The fourth-order valence-electron chi connectivity index (χ4n) is 4.23. The smallest absolute Gasteiger partial charge is 0.0365 e. The van der Waals surface area contributed by atoms with Gasteiger partial charge < -0.3 is 22.9 Å². The lowest BCUT2D eigenvalue weighted by atomic mass is 9.62. The van der Waals surface area contributed by atoms with Crippen LogP contribution in [-0.2, 0) is 0 Å². The maximum Gasteiger partial charge on any atom is 0.0365 e. The summed E-state index contributed by atoms with van der Waals surface area (Å²) in [6.07, 6.45) is 9.36. The minimum Gasteiger partial charge on any atom is -0.329 e. The third-order valence-corrected chi connectivity index (χ3v) is 5.37. The quantitative estimate of drug-likeness (QED) is 0.584. The Labute approximate surface area is 159 Å². The van der Waals surface area contributed by atoms with Crippen LogP contribution in [-0.4, -0.2) is 24.2 Å². The molecule has 0 spiro atoms. The molecule has 0 aromatic rings. The Morgan fingerprint density at radius 1 is 0.682 bits per heavy atom. The summed E-state index contributed by atoms with van der Waals surface area (Å²) in [5.41, 5.74) is 25.1. The van der Waals surface area contributed by atoms with Gasteiger partial charge in [0.1, 0.15) is 0 Å². The third-order valence-electron chi connectivity index (χ3n) is 5.37. The van der Waals surface area contributed by atoms with Crippen molar-refractivity contribution >= 4 is 49.6 Å². The van der Waals surface area contributed by atoms with Crippen LogP contribution in [0.4, 0.5) is 0 Å². The van der Waals surface area contributed by atoms with Gasteiger partial charge in [0.25, 0.3) is 0 Å². The van der Waals surface area contributed by atoms with Gasteiger partial charge >= 0.3 is 0 Å². The molecule has 0 aromatic heterocycles. The van der Waals surface area contributed by atoms with Gasteiger partial charge in [-0.1, -0.05) is 25.7 Å². The van der Waals surface area contributed by atoms with Crippen LogP contribution < -0.4 is 22.9 Å². The Kier molecular flexibility index (Phi) is 15.7. The van der Waals surface area contributed by atoms with E-state index in [4.69, 9.17) is 22.9 Å². The summed E-state index contributed by atoms with van der Waals surface area (Å²) in [5.74, 6) is 0.704. The molecule has 4 atom stereocenters. The molecule has 22 heavy (non-hydrogen) atoms. The Morgan fingerprint density at radius 2 is 1.00 bits per heavy atom. The molecule has 0 aromatic carbocycles. The monoisotopic (exact) mass is 398 g/mol. The first-order valence-electron chi connectivity index (χ1n) is 7.59. The first-order valence-corrected chi connectivity index (χ1v) is 7.59. The van der Waals surface area contributed by atoms with Crippen molar-refractivity contribution in [1.29, 1.82) is 0 Å². The van der Waals surface area contributed by atoms with Crippen molar-refractivity contribution < 1.29 is 0 Å². The van der Waals surface area contributed by atoms with Crippen molar-refractivity contribution in [3.63, 3.8) is 0 Å². The third kappa shape index (κ3) is 5.82. The topological polar surface area (TPSA) is 104 Å². The van der Waals surface area contributed by atoms with E-state index >= 15 is 0 Å². The van der Waals surface area contributed by atoms with Crippen molar-refractivity contribution in [3.05, 3.63) is 0 Å². The minimum atomic E-state index is -0.348. The Hall–Kier alpha value is 1.000. The van der Waals surface area contributed by atoms with Crippen LogP contribution in [0.3, 0.4) is 0 Å². The maximum absolute atomic E-state index is 6.74. The molecule has 0 saturated heterocycles. The highest BCUT2D eigenvalue weighted by atomic mass is 35.5. The number of halogens is 4. The van der Waals surface area contributed by atoms with Crippen LogP contribution in [0.5, 0.6) is 0 Å². The number of hydrogen-bond donors (Lipinski definition) is 4. The summed E-state index contributed by atoms with van der Waals surface area (Å²) in [6.45, 7) is 0.518. The van der Waals surface area contributed by atoms with E-state index in [1.165, 1.54) is 25.7 Å². The molecule has 2 saturated carbocycles. The first-order chi connectivity index (χ1) is 8.59. The van der Waals surface area contributed by atoms with Gasteiger partial charge in [-0.15, -0.1) is 49.6 Å². The standard InChI is InChI=1S/C14H30N4.4ClH/c15-9-14(18,10-5-1-3-7-12(10)16)11-6-2-4-8-13(11)17;;;;/h10-13H,1-9,15-18H2;4*1H/t10-,11-,12-,13-;;;;/m1..../s1. The summed E-state index contributed by atoms with van der Waals surface area (Å²) in [4.78, 5) is 0. The van der Waals surface area contributed by atoms with Gasteiger partial charge in [0, 0.05) is 24.2 Å². The van der Waals surface area contributed by atoms with Crippen LogP contribution in [0.25, 0.3) is 0 Å². The second kappa shape index (κ2) is 12.4. The van der Waals surface area contributed by atoms with Crippen molar-refractivity contribution in [3.8, 4) is 0 Å². The summed E-state index contributed by atoms with van der Waals surface area (Å²) >= 11 is 0. The van der Waals surface area contributed by atoms with Crippen molar-refractivity contribution in [2.75, 3.05) is 6.54 Å². The second-order valence-electron chi connectivity index (χ2n) is 6.43. The lowest BCUT2D eigenvalue weighted by Crippen LogP contribution is -2.67.